The molecule has 0 aliphatic carbocycles. The van der Waals surface area contributed by atoms with Gasteiger partial charge >= 0.3 is 0 Å². The van der Waals surface area contributed by atoms with Crippen molar-refractivity contribution in [2.75, 3.05) is 14.2 Å². The van der Waals surface area contributed by atoms with E-state index in [2.05, 4.69) is 5.32 Å². The maximum atomic E-state index is 11.3. The Hall–Kier alpha value is -1.51. The summed E-state index contributed by atoms with van der Waals surface area (Å²) in [5, 5.41) is 2.56. The van der Waals surface area contributed by atoms with Crippen molar-refractivity contribution in [1.29, 1.82) is 0 Å². The van der Waals surface area contributed by atoms with Gasteiger partial charge in [0.2, 0.25) is 0 Å². The molecule has 1 aromatic carbocycles. The van der Waals surface area contributed by atoms with Gasteiger partial charge in [0.05, 0.1) is 12.7 Å². The molecule has 70 valence electrons. The molecule has 0 spiro atoms. The van der Waals surface area contributed by atoms with Gasteiger partial charge in [-0.05, 0) is 24.6 Å². The molecule has 0 saturated heterocycles. The number of aryl methyl sites for hydroxylation is 1. The van der Waals surface area contributed by atoms with Crippen molar-refractivity contribution in [1.82, 2.24) is 5.32 Å². The summed E-state index contributed by atoms with van der Waals surface area (Å²) in [6.07, 6.45) is 0. The first-order valence-corrected chi connectivity index (χ1v) is 4.05. The number of ether oxygens (including phenoxy) is 1. The second-order valence-corrected chi connectivity index (χ2v) is 2.78. The number of benzene rings is 1. The molecule has 0 atom stereocenters. The summed E-state index contributed by atoms with van der Waals surface area (Å²) in [6, 6.07) is 5.48. The van der Waals surface area contributed by atoms with E-state index in [1.165, 1.54) is 0 Å². The summed E-state index contributed by atoms with van der Waals surface area (Å²) < 4.78 is 5.09. The Morgan fingerprint density at radius 3 is 2.69 bits per heavy atom. The van der Waals surface area contributed by atoms with Crippen molar-refractivity contribution in [3.63, 3.8) is 0 Å². The van der Waals surface area contributed by atoms with Gasteiger partial charge in [0, 0.05) is 7.05 Å². The summed E-state index contributed by atoms with van der Waals surface area (Å²) in [5.41, 5.74) is 1.64. The van der Waals surface area contributed by atoms with Crippen LogP contribution in [0.1, 0.15) is 15.9 Å². The van der Waals surface area contributed by atoms with E-state index in [0.717, 1.165) is 5.56 Å². The molecule has 0 heterocycles. The number of rotatable bonds is 2. The molecule has 3 nitrogen and oxygen atoms in total. The van der Waals surface area contributed by atoms with Gasteiger partial charge in [-0.15, -0.1) is 0 Å². The van der Waals surface area contributed by atoms with E-state index < -0.39 is 0 Å². The predicted octanol–water partition coefficient (Wildman–Crippen LogP) is 1.36. The molecule has 0 bridgehead atoms. The zero-order valence-corrected chi connectivity index (χ0v) is 8.05. The summed E-state index contributed by atoms with van der Waals surface area (Å²) in [6.45, 7) is 1.95. The van der Waals surface area contributed by atoms with Gasteiger partial charge in [0.15, 0.2) is 0 Å². The smallest absolute Gasteiger partial charge is 0.254 e. The lowest BCUT2D eigenvalue weighted by Crippen LogP contribution is -2.18. The van der Waals surface area contributed by atoms with E-state index in [1.54, 1.807) is 20.2 Å². The average Bonchev–Trinajstić information content (AvgIpc) is 2.16. The molecule has 0 saturated carbocycles. The topological polar surface area (TPSA) is 38.3 Å². The lowest BCUT2D eigenvalue weighted by molar-refractivity contribution is 0.0960. The maximum absolute atomic E-state index is 11.3. The molecule has 0 fully saturated rings. The van der Waals surface area contributed by atoms with E-state index in [1.807, 2.05) is 19.1 Å². The van der Waals surface area contributed by atoms with Crippen LogP contribution in [-0.4, -0.2) is 20.1 Å². The fraction of sp³-hybridized carbons (Fsp3) is 0.300. The van der Waals surface area contributed by atoms with Gasteiger partial charge in [-0.2, -0.15) is 0 Å². The molecule has 1 aromatic rings. The van der Waals surface area contributed by atoms with Crippen LogP contribution in [0, 0.1) is 6.92 Å². The Balaban J connectivity index is 3.13. The lowest BCUT2D eigenvalue weighted by Gasteiger charge is -2.07. The number of nitrogens with one attached hydrogen (secondary N) is 1. The van der Waals surface area contributed by atoms with Gasteiger partial charge in [-0.1, -0.05) is 6.07 Å². The normalized spacial score (nSPS) is 9.46. The third-order valence-electron chi connectivity index (χ3n) is 1.83. The minimum absolute atomic E-state index is 0.128. The second kappa shape index (κ2) is 3.94. The van der Waals surface area contributed by atoms with Crippen LogP contribution in [-0.2, 0) is 0 Å². The van der Waals surface area contributed by atoms with Crippen LogP contribution in [0.25, 0.3) is 0 Å². The van der Waals surface area contributed by atoms with Crippen molar-refractivity contribution in [2.24, 2.45) is 0 Å². The molecule has 1 amide bonds. The fourth-order valence-electron chi connectivity index (χ4n) is 1.12. The molecule has 1 rings (SSSR count). The molecule has 0 aliphatic rings. The van der Waals surface area contributed by atoms with Gasteiger partial charge in [-0.25, -0.2) is 0 Å². The molecular formula is C10H13NO2. The molecular weight excluding hydrogens is 166 g/mol. The van der Waals surface area contributed by atoms with Crippen LogP contribution in [0.3, 0.4) is 0 Å². The van der Waals surface area contributed by atoms with E-state index >= 15 is 0 Å². The second-order valence-electron chi connectivity index (χ2n) is 2.78. The molecule has 0 radical (unpaired) electrons. The Morgan fingerprint density at radius 1 is 1.46 bits per heavy atom. The maximum Gasteiger partial charge on any atom is 0.254 e. The first-order chi connectivity index (χ1) is 6.19. The van der Waals surface area contributed by atoms with Crippen LogP contribution in [0.4, 0.5) is 0 Å². The minimum atomic E-state index is -0.128. The van der Waals surface area contributed by atoms with Gasteiger partial charge < -0.3 is 10.1 Å². The molecule has 3 heteroatoms. The standard InChI is InChI=1S/C10H13NO2/c1-7-4-5-8(10(12)11-2)9(6-7)13-3/h4-6H,1-3H3,(H,11,12). The largest absolute Gasteiger partial charge is 0.496 e. The Labute approximate surface area is 77.7 Å². The number of hydrogen-bond acceptors (Lipinski definition) is 2. The number of hydrogen-bond donors (Lipinski definition) is 1. The van der Waals surface area contributed by atoms with E-state index in [-0.39, 0.29) is 5.91 Å². The highest BCUT2D eigenvalue weighted by atomic mass is 16.5. The highest BCUT2D eigenvalue weighted by Crippen LogP contribution is 2.19. The quantitative estimate of drug-likeness (QED) is 0.744. The van der Waals surface area contributed by atoms with Crippen LogP contribution in [0.5, 0.6) is 5.75 Å². The molecule has 0 aromatic heterocycles. The van der Waals surface area contributed by atoms with Crippen molar-refractivity contribution in [2.45, 2.75) is 6.92 Å². The third-order valence-corrected chi connectivity index (χ3v) is 1.83. The van der Waals surface area contributed by atoms with Gasteiger partial charge in [-0.3, -0.25) is 4.79 Å². The number of carbonyl (C=O) groups excluding carboxylic acids is 1. The average molecular weight is 179 g/mol. The number of methoxy groups -OCH3 is 1. The summed E-state index contributed by atoms with van der Waals surface area (Å²) in [5.74, 6) is 0.483. The summed E-state index contributed by atoms with van der Waals surface area (Å²) in [4.78, 5) is 11.3. The Morgan fingerprint density at radius 2 is 2.15 bits per heavy atom. The summed E-state index contributed by atoms with van der Waals surface area (Å²) >= 11 is 0. The van der Waals surface area contributed by atoms with E-state index in [4.69, 9.17) is 4.74 Å². The first-order valence-electron chi connectivity index (χ1n) is 4.05. The third kappa shape index (κ3) is 1.99. The molecule has 13 heavy (non-hydrogen) atoms. The van der Waals surface area contributed by atoms with Crippen LogP contribution in [0.15, 0.2) is 18.2 Å². The van der Waals surface area contributed by atoms with Gasteiger partial charge in [0.1, 0.15) is 5.75 Å². The van der Waals surface area contributed by atoms with E-state index in [9.17, 15) is 4.79 Å². The Bertz CT molecular complexity index is 321. The van der Waals surface area contributed by atoms with Crippen molar-refractivity contribution in [3.8, 4) is 5.75 Å². The van der Waals surface area contributed by atoms with Gasteiger partial charge in [0.25, 0.3) is 5.91 Å². The lowest BCUT2D eigenvalue weighted by atomic mass is 10.1. The zero-order chi connectivity index (χ0) is 9.84. The number of carbonyl (C=O) groups is 1. The van der Waals surface area contributed by atoms with Crippen LogP contribution < -0.4 is 10.1 Å². The van der Waals surface area contributed by atoms with Crippen LogP contribution in [0.2, 0.25) is 0 Å². The SMILES string of the molecule is CNC(=O)c1ccc(C)cc1OC. The predicted molar refractivity (Wildman–Crippen MR) is 51.1 cm³/mol. The van der Waals surface area contributed by atoms with E-state index in [0.29, 0.717) is 11.3 Å². The zero-order valence-electron chi connectivity index (χ0n) is 8.05. The summed E-state index contributed by atoms with van der Waals surface area (Å²) in [7, 11) is 3.16. The number of amides is 1. The minimum Gasteiger partial charge on any atom is -0.496 e. The Kier molecular flexibility index (Phi) is 2.90. The molecule has 0 unspecified atom stereocenters. The molecule has 1 N–H and O–H groups in total. The van der Waals surface area contributed by atoms with Crippen molar-refractivity contribution in [3.05, 3.63) is 29.3 Å². The van der Waals surface area contributed by atoms with Crippen LogP contribution >= 0.6 is 0 Å². The highest BCUT2D eigenvalue weighted by molar-refractivity contribution is 5.96. The fourth-order valence-corrected chi connectivity index (χ4v) is 1.12. The van der Waals surface area contributed by atoms with Crippen molar-refractivity contribution < 1.29 is 9.53 Å². The molecule has 0 aliphatic heterocycles. The first kappa shape index (κ1) is 9.58. The monoisotopic (exact) mass is 179 g/mol. The van der Waals surface area contributed by atoms with Crippen molar-refractivity contribution >= 4 is 5.91 Å². The highest BCUT2D eigenvalue weighted by Gasteiger charge is 2.09.